The molecule has 0 spiro atoms. The molecule has 2 atom stereocenters. The van der Waals surface area contributed by atoms with Gasteiger partial charge < -0.3 is 14.4 Å². The third-order valence-corrected chi connectivity index (χ3v) is 5.31. The number of pyridine rings is 1. The van der Waals surface area contributed by atoms with Crippen LogP contribution in [0.4, 0.5) is 0 Å². The average Bonchev–Trinajstić information content (AvgIpc) is 2.82. The van der Waals surface area contributed by atoms with Crippen LogP contribution in [0.3, 0.4) is 0 Å². The van der Waals surface area contributed by atoms with Crippen molar-refractivity contribution in [3.05, 3.63) is 23.9 Å². The van der Waals surface area contributed by atoms with Gasteiger partial charge in [-0.05, 0) is 33.1 Å². The Morgan fingerprint density at radius 1 is 1.28 bits per heavy atom. The molecule has 0 aliphatic carbocycles. The van der Waals surface area contributed by atoms with Crippen molar-refractivity contribution in [2.24, 2.45) is 5.92 Å². The Bertz CT molecular complexity index is 540. The standard InChI is InChI=1S/C19H32N4O2/c1-21(2)9-10-22-11-12-25-18-15-23(8-6-16(18)13-22)14-17-5-4-7-20-19(17)24-3/h4-5,7,16,18H,6,8-15H2,1-3H3/t16-,18-/m1/s1. The Morgan fingerprint density at radius 3 is 2.96 bits per heavy atom. The molecule has 3 heterocycles. The summed E-state index contributed by atoms with van der Waals surface area (Å²) in [4.78, 5) is 11.6. The zero-order valence-electron chi connectivity index (χ0n) is 15.9. The van der Waals surface area contributed by atoms with Gasteiger partial charge in [-0.2, -0.15) is 0 Å². The average molecular weight is 348 g/mol. The van der Waals surface area contributed by atoms with Crippen molar-refractivity contribution in [3.63, 3.8) is 0 Å². The van der Waals surface area contributed by atoms with Crippen LogP contribution in [0.15, 0.2) is 18.3 Å². The molecule has 0 radical (unpaired) electrons. The third-order valence-electron chi connectivity index (χ3n) is 5.31. The topological polar surface area (TPSA) is 41.1 Å². The summed E-state index contributed by atoms with van der Waals surface area (Å²) < 4.78 is 11.6. The van der Waals surface area contributed by atoms with Crippen LogP contribution < -0.4 is 4.74 Å². The predicted octanol–water partition coefficient (Wildman–Crippen LogP) is 1.17. The second-order valence-electron chi connectivity index (χ2n) is 7.47. The molecule has 25 heavy (non-hydrogen) atoms. The van der Waals surface area contributed by atoms with Gasteiger partial charge in [-0.3, -0.25) is 9.80 Å². The number of methoxy groups -OCH3 is 1. The van der Waals surface area contributed by atoms with Crippen LogP contribution in [-0.4, -0.2) is 92.9 Å². The van der Waals surface area contributed by atoms with E-state index in [0.29, 0.717) is 12.0 Å². The molecule has 6 heteroatoms. The number of aromatic nitrogens is 1. The molecule has 6 nitrogen and oxygen atoms in total. The Balaban J connectivity index is 1.55. The number of nitrogens with zero attached hydrogens (tertiary/aromatic N) is 4. The van der Waals surface area contributed by atoms with Crippen LogP contribution in [0.2, 0.25) is 0 Å². The maximum absolute atomic E-state index is 6.22. The lowest BCUT2D eigenvalue weighted by atomic mass is 9.93. The van der Waals surface area contributed by atoms with Crippen LogP contribution in [0.5, 0.6) is 5.88 Å². The SMILES string of the molecule is COc1ncccc1CN1CC[C@@H]2CN(CCN(C)C)CCO[C@@H]2C1. The Kier molecular flexibility index (Phi) is 6.64. The molecule has 2 aliphatic rings. The molecule has 1 aromatic rings. The summed E-state index contributed by atoms with van der Waals surface area (Å²) in [6.45, 7) is 8.32. The first-order chi connectivity index (χ1) is 12.2. The van der Waals surface area contributed by atoms with E-state index < -0.39 is 0 Å². The Morgan fingerprint density at radius 2 is 2.16 bits per heavy atom. The van der Waals surface area contributed by atoms with Gasteiger partial charge in [-0.25, -0.2) is 4.98 Å². The second kappa shape index (κ2) is 8.94. The maximum Gasteiger partial charge on any atom is 0.217 e. The summed E-state index contributed by atoms with van der Waals surface area (Å²) in [7, 11) is 5.97. The first-order valence-electron chi connectivity index (χ1n) is 9.34. The minimum Gasteiger partial charge on any atom is -0.481 e. The van der Waals surface area contributed by atoms with E-state index in [2.05, 4.69) is 39.8 Å². The number of hydrogen-bond donors (Lipinski definition) is 0. The summed E-state index contributed by atoms with van der Waals surface area (Å²) in [6, 6.07) is 4.09. The van der Waals surface area contributed by atoms with Gasteiger partial charge >= 0.3 is 0 Å². The van der Waals surface area contributed by atoms with E-state index in [0.717, 1.165) is 57.3 Å². The molecule has 0 amide bonds. The largest absolute Gasteiger partial charge is 0.481 e. The molecule has 0 unspecified atom stereocenters. The zero-order valence-corrected chi connectivity index (χ0v) is 15.9. The monoisotopic (exact) mass is 348 g/mol. The number of fused-ring (bicyclic) bond motifs is 1. The van der Waals surface area contributed by atoms with Crippen LogP contribution in [0.25, 0.3) is 0 Å². The highest BCUT2D eigenvalue weighted by Crippen LogP contribution is 2.26. The smallest absolute Gasteiger partial charge is 0.217 e. The van der Waals surface area contributed by atoms with Gasteiger partial charge in [0.15, 0.2) is 0 Å². The minimum absolute atomic E-state index is 0.348. The lowest BCUT2D eigenvalue weighted by Gasteiger charge is -2.38. The van der Waals surface area contributed by atoms with E-state index in [9.17, 15) is 0 Å². The van der Waals surface area contributed by atoms with Crippen molar-refractivity contribution in [3.8, 4) is 5.88 Å². The molecule has 2 fully saturated rings. The second-order valence-corrected chi connectivity index (χ2v) is 7.47. The summed E-state index contributed by atoms with van der Waals surface area (Å²) >= 11 is 0. The van der Waals surface area contributed by atoms with Gasteiger partial charge in [-0.1, -0.05) is 6.07 Å². The van der Waals surface area contributed by atoms with Crippen molar-refractivity contribution in [2.45, 2.75) is 19.1 Å². The van der Waals surface area contributed by atoms with Gasteiger partial charge in [0, 0.05) is 56.9 Å². The molecular weight excluding hydrogens is 316 g/mol. The number of ether oxygens (including phenoxy) is 2. The highest BCUT2D eigenvalue weighted by molar-refractivity contribution is 5.25. The summed E-state index contributed by atoms with van der Waals surface area (Å²) in [6.07, 6.45) is 3.33. The number of hydrogen-bond acceptors (Lipinski definition) is 6. The van der Waals surface area contributed by atoms with Crippen LogP contribution in [0, 0.1) is 5.92 Å². The van der Waals surface area contributed by atoms with E-state index in [1.165, 1.54) is 13.0 Å². The molecule has 2 aliphatic heterocycles. The third kappa shape index (κ3) is 5.14. The molecule has 1 aromatic heterocycles. The maximum atomic E-state index is 6.22. The highest BCUT2D eigenvalue weighted by atomic mass is 16.5. The van der Waals surface area contributed by atoms with E-state index in [-0.39, 0.29) is 0 Å². The number of likely N-dealkylation sites (tertiary alicyclic amines) is 1. The molecule has 0 bridgehead atoms. The Labute approximate surface area is 151 Å². The lowest BCUT2D eigenvalue weighted by molar-refractivity contribution is -0.0243. The molecular formula is C19H32N4O2. The van der Waals surface area contributed by atoms with Gasteiger partial charge in [-0.15, -0.1) is 0 Å². The number of piperidine rings is 1. The lowest BCUT2D eigenvalue weighted by Crippen LogP contribution is -2.47. The molecule has 2 saturated heterocycles. The van der Waals surface area contributed by atoms with Gasteiger partial charge in [0.25, 0.3) is 0 Å². The molecule has 0 saturated carbocycles. The van der Waals surface area contributed by atoms with E-state index >= 15 is 0 Å². The van der Waals surface area contributed by atoms with Gasteiger partial charge in [0.05, 0.1) is 19.8 Å². The van der Waals surface area contributed by atoms with E-state index in [1.54, 1.807) is 13.3 Å². The Hall–Kier alpha value is -1.21. The molecule has 0 aromatic carbocycles. The fourth-order valence-corrected chi connectivity index (χ4v) is 3.84. The van der Waals surface area contributed by atoms with Crippen molar-refractivity contribution in [1.29, 1.82) is 0 Å². The normalized spacial score (nSPS) is 25.6. The van der Waals surface area contributed by atoms with Gasteiger partial charge in [0.1, 0.15) is 0 Å². The highest BCUT2D eigenvalue weighted by Gasteiger charge is 2.33. The fourth-order valence-electron chi connectivity index (χ4n) is 3.84. The number of rotatable bonds is 6. The van der Waals surface area contributed by atoms with E-state index in [1.807, 2.05) is 6.07 Å². The zero-order chi connectivity index (χ0) is 17.6. The molecule has 3 rings (SSSR count). The molecule has 0 N–H and O–H groups in total. The quantitative estimate of drug-likeness (QED) is 0.769. The summed E-state index contributed by atoms with van der Waals surface area (Å²) in [5.41, 5.74) is 1.16. The van der Waals surface area contributed by atoms with Gasteiger partial charge in [0.2, 0.25) is 5.88 Å². The van der Waals surface area contributed by atoms with Crippen molar-refractivity contribution in [1.82, 2.24) is 19.7 Å². The van der Waals surface area contributed by atoms with Crippen molar-refractivity contribution in [2.75, 3.05) is 67.1 Å². The summed E-state index contributed by atoms with van der Waals surface area (Å²) in [5, 5.41) is 0. The summed E-state index contributed by atoms with van der Waals surface area (Å²) in [5.74, 6) is 1.39. The first-order valence-corrected chi connectivity index (χ1v) is 9.34. The predicted molar refractivity (Wildman–Crippen MR) is 98.9 cm³/mol. The fraction of sp³-hybridized carbons (Fsp3) is 0.737. The van der Waals surface area contributed by atoms with Crippen LogP contribution in [0.1, 0.15) is 12.0 Å². The minimum atomic E-state index is 0.348. The van der Waals surface area contributed by atoms with E-state index in [4.69, 9.17) is 9.47 Å². The van der Waals surface area contributed by atoms with Crippen LogP contribution >= 0.6 is 0 Å². The van der Waals surface area contributed by atoms with Crippen molar-refractivity contribution < 1.29 is 9.47 Å². The van der Waals surface area contributed by atoms with Crippen LogP contribution in [-0.2, 0) is 11.3 Å². The molecule has 140 valence electrons. The van der Waals surface area contributed by atoms with Crippen molar-refractivity contribution >= 4 is 0 Å². The first kappa shape index (κ1) is 18.6. The number of likely N-dealkylation sites (N-methyl/N-ethyl adjacent to an activating group) is 1.